The number of methoxy groups -OCH3 is 1. The van der Waals surface area contributed by atoms with Crippen molar-refractivity contribution in [1.29, 1.82) is 0 Å². The summed E-state index contributed by atoms with van der Waals surface area (Å²) in [7, 11) is 1.56. The number of ketones is 1. The number of ether oxygens (including phenoxy) is 2. The first kappa shape index (κ1) is 23.3. The standard InChI is InChI=1S/C25H30N2O5S/c1-3-32-18-10-9-17(16-19(18)31-2)22-21(23(28)20-8-7-15-33-20)24(29)25(30)27(22)14-13-26-11-5-4-6-12-26/h7-10,15-16,22,29H,3-6,11-14H2,1-2H3. The molecule has 1 amide bonds. The molecule has 2 aliphatic heterocycles. The van der Waals surface area contributed by atoms with E-state index in [1.807, 2.05) is 18.4 Å². The van der Waals surface area contributed by atoms with Crippen molar-refractivity contribution in [2.24, 2.45) is 0 Å². The third-order valence-electron chi connectivity index (χ3n) is 6.20. The van der Waals surface area contributed by atoms with Gasteiger partial charge in [0, 0.05) is 13.1 Å². The third-order valence-corrected chi connectivity index (χ3v) is 7.07. The van der Waals surface area contributed by atoms with Gasteiger partial charge in [-0.15, -0.1) is 11.3 Å². The monoisotopic (exact) mass is 470 g/mol. The first-order chi connectivity index (χ1) is 16.0. The Morgan fingerprint density at radius 2 is 1.94 bits per heavy atom. The van der Waals surface area contributed by atoms with E-state index in [1.165, 1.54) is 17.8 Å². The number of nitrogens with zero attached hydrogens (tertiary/aromatic N) is 2. The molecule has 0 bridgehead atoms. The Morgan fingerprint density at radius 3 is 2.61 bits per heavy atom. The molecule has 4 rings (SSSR count). The Morgan fingerprint density at radius 1 is 1.15 bits per heavy atom. The predicted molar refractivity (Wildman–Crippen MR) is 127 cm³/mol. The fourth-order valence-corrected chi connectivity index (χ4v) is 5.24. The predicted octanol–water partition coefficient (Wildman–Crippen LogP) is 4.22. The highest BCUT2D eigenvalue weighted by Crippen LogP contribution is 2.42. The molecule has 1 unspecified atom stereocenters. The second kappa shape index (κ2) is 10.4. The molecule has 1 aromatic carbocycles. The van der Waals surface area contributed by atoms with E-state index in [1.54, 1.807) is 36.3 Å². The Kier molecular flexibility index (Phi) is 7.35. The minimum Gasteiger partial charge on any atom is -0.503 e. The molecule has 1 saturated heterocycles. The second-order valence-corrected chi connectivity index (χ2v) is 9.16. The molecule has 0 radical (unpaired) electrons. The van der Waals surface area contributed by atoms with Crippen LogP contribution >= 0.6 is 11.3 Å². The van der Waals surface area contributed by atoms with E-state index in [4.69, 9.17) is 9.47 Å². The molecule has 1 aromatic heterocycles. The molecule has 176 valence electrons. The summed E-state index contributed by atoms with van der Waals surface area (Å²) in [6, 6.07) is 8.21. The zero-order chi connectivity index (χ0) is 23.4. The number of rotatable bonds is 9. The largest absolute Gasteiger partial charge is 0.503 e. The van der Waals surface area contributed by atoms with E-state index in [0.29, 0.717) is 41.6 Å². The molecule has 0 spiro atoms. The Balaban J connectivity index is 1.70. The number of aliphatic hydroxyl groups excluding tert-OH is 1. The van der Waals surface area contributed by atoms with Gasteiger partial charge in [-0.25, -0.2) is 0 Å². The van der Waals surface area contributed by atoms with Crippen molar-refractivity contribution < 1.29 is 24.2 Å². The summed E-state index contributed by atoms with van der Waals surface area (Å²) in [4.78, 5) is 31.0. The van der Waals surface area contributed by atoms with Crippen LogP contribution in [0.5, 0.6) is 11.5 Å². The lowest BCUT2D eigenvalue weighted by Crippen LogP contribution is -2.40. The van der Waals surface area contributed by atoms with Gasteiger partial charge < -0.3 is 24.4 Å². The Bertz CT molecular complexity index is 1030. The molecule has 0 aliphatic carbocycles. The van der Waals surface area contributed by atoms with Gasteiger partial charge in [0.1, 0.15) is 0 Å². The van der Waals surface area contributed by atoms with Crippen molar-refractivity contribution >= 4 is 23.0 Å². The number of hydrogen-bond acceptors (Lipinski definition) is 7. The van der Waals surface area contributed by atoms with Gasteiger partial charge in [-0.3, -0.25) is 9.59 Å². The number of thiophene rings is 1. The van der Waals surface area contributed by atoms with Gasteiger partial charge in [0.05, 0.1) is 30.2 Å². The number of carbonyl (C=O) groups is 2. The Labute approximate surface area is 198 Å². The normalized spacial score (nSPS) is 19.3. The summed E-state index contributed by atoms with van der Waals surface area (Å²) in [6.45, 7) is 5.51. The molecule has 1 fully saturated rings. The number of Topliss-reactive ketones (excluding diaryl/α,β-unsaturated/α-hetero) is 1. The average molecular weight is 471 g/mol. The van der Waals surface area contributed by atoms with Gasteiger partial charge >= 0.3 is 0 Å². The molecule has 1 N–H and O–H groups in total. The minimum atomic E-state index is -0.693. The van der Waals surface area contributed by atoms with Crippen LogP contribution in [0.15, 0.2) is 47.0 Å². The highest BCUT2D eigenvalue weighted by molar-refractivity contribution is 7.12. The van der Waals surface area contributed by atoms with Gasteiger partial charge in [0.2, 0.25) is 5.78 Å². The molecule has 2 aromatic rings. The van der Waals surface area contributed by atoms with Crippen LogP contribution in [0.2, 0.25) is 0 Å². The minimum absolute atomic E-state index is 0.118. The number of benzene rings is 1. The molecule has 7 nitrogen and oxygen atoms in total. The smallest absolute Gasteiger partial charge is 0.290 e. The first-order valence-electron chi connectivity index (χ1n) is 11.4. The highest BCUT2D eigenvalue weighted by Gasteiger charge is 2.44. The van der Waals surface area contributed by atoms with Crippen LogP contribution in [0, 0.1) is 0 Å². The Hall–Kier alpha value is -2.84. The average Bonchev–Trinajstić information content (AvgIpc) is 3.46. The van der Waals surface area contributed by atoms with E-state index in [9.17, 15) is 14.7 Å². The van der Waals surface area contributed by atoms with Crippen molar-refractivity contribution in [3.05, 3.63) is 57.5 Å². The molecule has 3 heterocycles. The molecular formula is C25H30N2O5S. The number of piperidine rings is 1. The number of aliphatic hydroxyl groups is 1. The van der Waals surface area contributed by atoms with E-state index in [-0.39, 0.29) is 11.4 Å². The second-order valence-electron chi connectivity index (χ2n) is 8.22. The molecule has 8 heteroatoms. The van der Waals surface area contributed by atoms with E-state index >= 15 is 0 Å². The fourth-order valence-electron chi connectivity index (χ4n) is 4.56. The van der Waals surface area contributed by atoms with Gasteiger partial charge in [-0.1, -0.05) is 18.6 Å². The van der Waals surface area contributed by atoms with Crippen LogP contribution in [-0.4, -0.2) is 66.5 Å². The van der Waals surface area contributed by atoms with Crippen molar-refractivity contribution in [2.45, 2.75) is 32.2 Å². The summed E-state index contributed by atoms with van der Waals surface area (Å²) in [6.07, 6.45) is 3.54. The summed E-state index contributed by atoms with van der Waals surface area (Å²) < 4.78 is 11.1. The number of hydrogen-bond donors (Lipinski definition) is 1. The lowest BCUT2D eigenvalue weighted by atomic mass is 9.95. The van der Waals surface area contributed by atoms with Crippen LogP contribution in [-0.2, 0) is 4.79 Å². The van der Waals surface area contributed by atoms with Crippen molar-refractivity contribution in [3.8, 4) is 11.5 Å². The summed E-state index contributed by atoms with van der Waals surface area (Å²) in [5, 5.41) is 12.6. The van der Waals surface area contributed by atoms with Gasteiger partial charge in [-0.05, 0) is 62.0 Å². The van der Waals surface area contributed by atoms with E-state index < -0.39 is 17.7 Å². The quantitative estimate of drug-likeness (QED) is 0.553. The van der Waals surface area contributed by atoms with Gasteiger partial charge in [0.15, 0.2) is 17.3 Å². The summed E-state index contributed by atoms with van der Waals surface area (Å²) >= 11 is 1.29. The van der Waals surface area contributed by atoms with Crippen molar-refractivity contribution in [2.75, 3.05) is 39.9 Å². The maximum absolute atomic E-state index is 13.4. The molecule has 0 saturated carbocycles. The molecular weight excluding hydrogens is 440 g/mol. The number of likely N-dealkylation sites (tertiary alicyclic amines) is 1. The van der Waals surface area contributed by atoms with E-state index in [0.717, 1.165) is 25.9 Å². The molecule has 33 heavy (non-hydrogen) atoms. The maximum atomic E-state index is 13.4. The zero-order valence-electron chi connectivity index (χ0n) is 19.1. The SMILES string of the molecule is CCOc1ccc(C2C(C(=O)c3cccs3)=C(O)C(=O)N2CCN2CCCCC2)cc1OC. The zero-order valence-corrected chi connectivity index (χ0v) is 19.9. The van der Waals surface area contributed by atoms with Crippen LogP contribution in [0.1, 0.15) is 47.5 Å². The lowest BCUT2D eigenvalue weighted by molar-refractivity contribution is -0.129. The highest BCUT2D eigenvalue weighted by atomic mass is 32.1. The van der Waals surface area contributed by atoms with Crippen molar-refractivity contribution in [3.63, 3.8) is 0 Å². The fraction of sp³-hybridized carbons (Fsp3) is 0.440. The summed E-state index contributed by atoms with van der Waals surface area (Å²) in [5.41, 5.74) is 0.818. The van der Waals surface area contributed by atoms with Crippen molar-refractivity contribution in [1.82, 2.24) is 9.80 Å². The molecule has 2 aliphatic rings. The first-order valence-corrected chi connectivity index (χ1v) is 12.3. The number of amides is 1. The van der Waals surface area contributed by atoms with Gasteiger partial charge in [0.25, 0.3) is 5.91 Å². The van der Waals surface area contributed by atoms with E-state index in [2.05, 4.69) is 4.90 Å². The molecule has 1 atom stereocenters. The topological polar surface area (TPSA) is 79.3 Å². The van der Waals surface area contributed by atoms with Crippen LogP contribution in [0.4, 0.5) is 0 Å². The number of carbonyl (C=O) groups excluding carboxylic acids is 2. The van der Waals surface area contributed by atoms with Gasteiger partial charge in [-0.2, -0.15) is 0 Å². The van der Waals surface area contributed by atoms with Crippen LogP contribution < -0.4 is 9.47 Å². The van der Waals surface area contributed by atoms with Crippen LogP contribution in [0.3, 0.4) is 0 Å². The maximum Gasteiger partial charge on any atom is 0.290 e. The van der Waals surface area contributed by atoms with Crippen LogP contribution in [0.25, 0.3) is 0 Å². The lowest BCUT2D eigenvalue weighted by Gasteiger charge is -2.32. The third kappa shape index (κ3) is 4.77. The summed E-state index contributed by atoms with van der Waals surface area (Å²) in [5.74, 6) is -0.191.